The molecule has 102 valence electrons. The highest BCUT2D eigenvalue weighted by molar-refractivity contribution is 7.99. The Morgan fingerprint density at radius 3 is 2.70 bits per heavy atom. The number of hydrogen-bond donors (Lipinski definition) is 1. The van der Waals surface area contributed by atoms with Crippen molar-refractivity contribution in [1.82, 2.24) is 4.98 Å². The number of hydrogen-bond acceptors (Lipinski definition) is 5. The number of carboxylic acids is 1. The van der Waals surface area contributed by atoms with Crippen molar-refractivity contribution in [1.29, 1.82) is 0 Å². The molecule has 1 aromatic carbocycles. The van der Waals surface area contributed by atoms with Crippen molar-refractivity contribution in [2.75, 3.05) is 0 Å². The normalized spacial score (nSPS) is 10.2. The molecule has 0 aliphatic carbocycles. The lowest BCUT2D eigenvalue weighted by molar-refractivity contribution is -0.388. The van der Waals surface area contributed by atoms with Gasteiger partial charge in [0.1, 0.15) is 11.5 Å². The fraction of sp³-hybridized carbons (Fsp3) is 0. The van der Waals surface area contributed by atoms with Crippen molar-refractivity contribution in [3.8, 4) is 0 Å². The lowest BCUT2D eigenvalue weighted by Gasteiger charge is -2.03. The van der Waals surface area contributed by atoms with Crippen LogP contribution >= 0.6 is 11.8 Å². The van der Waals surface area contributed by atoms with Crippen molar-refractivity contribution < 1.29 is 19.2 Å². The number of benzene rings is 1. The van der Waals surface area contributed by atoms with Crippen molar-refractivity contribution in [3.05, 3.63) is 58.0 Å². The molecule has 0 saturated carbocycles. The van der Waals surface area contributed by atoms with Gasteiger partial charge in [0.2, 0.25) is 0 Å². The first kappa shape index (κ1) is 13.9. The standard InChI is InChI=1S/C12H7FN2O4S/c13-7-2-1-3-8(6-7)20-11-10(15(18)19)5-4-9(14-11)12(16)17/h1-6H,(H,16,17). The minimum atomic E-state index is -1.29. The van der Waals surface area contributed by atoms with Crippen LogP contribution in [0.4, 0.5) is 10.1 Å². The van der Waals surface area contributed by atoms with E-state index in [4.69, 9.17) is 5.11 Å². The van der Waals surface area contributed by atoms with Gasteiger partial charge in [-0.1, -0.05) is 17.8 Å². The zero-order chi connectivity index (χ0) is 14.7. The van der Waals surface area contributed by atoms with Gasteiger partial charge in [0.25, 0.3) is 0 Å². The molecule has 8 heteroatoms. The third-order valence-electron chi connectivity index (χ3n) is 2.27. The zero-order valence-electron chi connectivity index (χ0n) is 9.82. The van der Waals surface area contributed by atoms with E-state index < -0.39 is 16.7 Å². The smallest absolute Gasteiger partial charge is 0.354 e. The average molecular weight is 294 g/mol. The Bertz CT molecular complexity index is 693. The molecule has 0 saturated heterocycles. The molecule has 0 aliphatic rings. The van der Waals surface area contributed by atoms with Crippen LogP contribution in [0, 0.1) is 15.9 Å². The Hall–Kier alpha value is -2.48. The molecule has 1 N–H and O–H groups in total. The van der Waals surface area contributed by atoms with E-state index in [1.165, 1.54) is 18.2 Å². The molecule has 6 nitrogen and oxygen atoms in total. The Morgan fingerprint density at radius 2 is 2.10 bits per heavy atom. The first-order chi connectivity index (χ1) is 9.47. The Morgan fingerprint density at radius 1 is 1.35 bits per heavy atom. The van der Waals surface area contributed by atoms with E-state index in [0.29, 0.717) is 4.90 Å². The van der Waals surface area contributed by atoms with Gasteiger partial charge in [-0.05, 0) is 24.3 Å². The summed E-state index contributed by atoms with van der Waals surface area (Å²) in [6.07, 6.45) is 0. The molecule has 0 bridgehead atoms. The lowest BCUT2D eigenvalue weighted by Crippen LogP contribution is -2.03. The van der Waals surface area contributed by atoms with Gasteiger partial charge < -0.3 is 5.11 Å². The van der Waals surface area contributed by atoms with E-state index in [9.17, 15) is 19.3 Å². The largest absolute Gasteiger partial charge is 0.477 e. The first-order valence-electron chi connectivity index (χ1n) is 5.29. The number of aromatic carboxylic acids is 1. The minimum Gasteiger partial charge on any atom is -0.477 e. The second-order valence-electron chi connectivity index (χ2n) is 3.64. The summed E-state index contributed by atoms with van der Waals surface area (Å²) in [6, 6.07) is 7.54. The average Bonchev–Trinajstić information content (AvgIpc) is 2.38. The van der Waals surface area contributed by atoms with Crippen molar-refractivity contribution in [3.63, 3.8) is 0 Å². The third-order valence-corrected chi connectivity index (χ3v) is 3.25. The molecule has 0 unspecified atom stereocenters. The fourth-order valence-electron chi connectivity index (χ4n) is 1.41. The van der Waals surface area contributed by atoms with E-state index in [0.717, 1.165) is 23.9 Å². The van der Waals surface area contributed by atoms with E-state index in [-0.39, 0.29) is 16.4 Å². The fourth-order valence-corrected chi connectivity index (χ4v) is 2.34. The van der Waals surface area contributed by atoms with Crippen molar-refractivity contribution in [2.45, 2.75) is 9.92 Å². The number of carbonyl (C=O) groups is 1. The Labute approximate surface area is 116 Å². The van der Waals surface area contributed by atoms with E-state index in [1.54, 1.807) is 6.07 Å². The quantitative estimate of drug-likeness (QED) is 0.688. The molecule has 0 amide bonds. The van der Waals surface area contributed by atoms with Crippen LogP contribution in [0.15, 0.2) is 46.3 Å². The molecule has 2 aromatic rings. The van der Waals surface area contributed by atoms with Crippen LogP contribution in [0.25, 0.3) is 0 Å². The molecule has 1 aromatic heterocycles. The van der Waals surface area contributed by atoms with Gasteiger partial charge in [-0.15, -0.1) is 0 Å². The summed E-state index contributed by atoms with van der Waals surface area (Å²) in [4.78, 5) is 25.2. The topological polar surface area (TPSA) is 93.3 Å². The number of nitro groups is 1. The summed E-state index contributed by atoms with van der Waals surface area (Å²) in [5.41, 5.74) is -0.640. The molecule has 0 fully saturated rings. The Kier molecular flexibility index (Phi) is 3.94. The Balaban J connectivity index is 2.44. The second kappa shape index (κ2) is 5.66. The van der Waals surface area contributed by atoms with Gasteiger partial charge in [0, 0.05) is 11.0 Å². The third kappa shape index (κ3) is 3.09. The lowest BCUT2D eigenvalue weighted by atomic mass is 10.3. The molecular formula is C12H7FN2O4S. The van der Waals surface area contributed by atoms with E-state index in [2.05, 4.69) is 4.98 Å². The maximum atomic E-state index is 13.1. The predicted octanol–water partition coefficient (Wildman–Crippen LogP) is 2.98. The van der Waals surface area contributed by atoms with Crippen molar-refractivity contribution in [2.24, 2.45) is 0 Å². The summed E-state index contributed by atoms with van der Waals surface area (Å²) < 4.78 is 13.1. The number of nitrogens with zero attached hydrogens (tertiary/aromatic N) is 2. The molecular weight excluding hydrogens is 287 g/mol. The monoisotopic (exact) mass is 294 g/mol. The van der Waals surface area contributed by atoms with Crippen LogP contribution < -0.4 is 0 Å². The number of halogens is 1. The van der Waals surface area contributed by atoms with Crippen LogP contribution in [0.1, 0.15) is 10.5 Å². The van der Waals surface area contributed by atoms with Crippen LogP contribution in [-0.4, -0.2) is 21.0 Å². The number of rotatable bonds is 4. The van der Waals surface area contributed by atoms with E-state index >= 15 is 0 Å². The highest BCUT2D eigenvalue weighted by Crippen LogP contribution is 2.33. The summed E-state index contributed by atoms with van der Waals surface area (Å²) >= 11 is 0.832. The van der Waals surface area contributed by atoms with Gasteiger partial charge in [-0.25, -0.2) is 14.2 Å². The summed E-state index contributed by atoms with van der Waals surface area (Å²) in [5.74, 6) is -1.78. The molecule has 0 aliphatic heterocycles. The summed E-state index contributed by atoms with van der Waals surface area (Å²) in [7, 11) is 0. The van der Waals surface area contributed by atoms with Crippen LogP contribution in [0.2, 0.25) is 0 Å². The molecule has 20 heavy (non-hydrogen) atoms. The molecule has 1 heterocycles. The number of pyridine rings is 1. The van der Waals surface area contributed by atoms with E-state index in [1.807, 2.05) is 0 Å². The highest BCUT2D eigenvalue weighted by Gasteiger charge is 2.19. The maximum absolute atomic E-state index is 13.1. The summed E-state index contributed by atoms with van der Waals surface area (Å²) in [5, 5.41) is 19.6. The van der Waals surface area contributed by atoms with Gasteiger partial charge >= 0.3 is 11.7 Å². The zero-order valence-corrected chi connectivity index (χ0v) is 10.6. The van der Waals surface area contributed by atoms with Crippen molar-refractivity contribution >= 4 is 23.4 Å². The number of carboxylic acid groups (broad SMARTS) is 1. The maximum Gasteiger partial charge on any atom is 0.354 e. The highest BCUT2D eigenvalue weighted by atomic mass is 32.2. The van der Waals surface area contributed by atoms with Crippen LogP contribution in [-0.2, 0) is 0 Å². The van der Waals surface area contributed by atoms with Crippen LogP contribution in [0.3, 0.4) is 0 Å². The first-order valence-corrected chi connectivity index (χ1v) is 6.11. The van der Waals surface area contributed by atoms with Gasteiger partial charge in [0.05, 0.1) is 4.92 Å². The summed E-state index contributed by atoms with van der Waals surface area (Å²) in [6.45, 7) is 0. The molecule has 0 radical (unpaired) electrons. The van der Waals surface area contributed by atoms with Gasteiger partial charge in [0.15, 0.2) is 5.03 Å². The number of aromatic nitrogens is 1. The van der Waals surface area contributed by atoms with Gasteiger partial charge in [-0.2, -0.15) is 0 Å². The van der Waals surface area contributed by atoms with Gasteiger partial charge in [-0.3, -0.25) is 10.1 Å². The predicted molar refractivity (Wildman–Crippen MR) is 68.4 cm³/mol. The molecule has 2 rings (SSSR count). The SMILES string of the molecule is O=C(O)c1ccc([N+](=O)[O-])c(Sc2cccc(F)c2)n1. The second-order valence-corrected chi connectivity index (χ2v) is 4.70. The molecule has 0 spiro atoms. The molecule has 0 atom stereocenters. The minimum absolute atomic E-state index is 0.0968. The van der Waals surface area contributed by atoms with Crippen LogP contribution in [0.5, 0.6) is 0 Å².